The van der Waals surface area contributed by atoms with Gasteiger partial charge in [0.05, 0.1) is 6.42 Å². The molecule has 2 aromatic carbocycles. The first kappa shape index (κ1) is 28.7. The Morgan fingerprint density at radius 1 is 1.00 bits per heavy atom. The van der Waals surface area contributed by atoms with Gasteiger partial charge in [0, 0.05) is 28.7 Å². The smallest absolute Gasteiger partial charge is 0.243 e. The number of rotatable bonds is 13. The third-order valence-electron chi connectivity index (χ3n) is 5.55. The van der Waals surface area contributed by atoms with Crippen LogP contribution in [0.15, 0.2) is 53.4 Å². The summed E-state index contributed by atoms with van der Waals surface area (Å²) in [5.41, 5.74) is 0. The minimum atomic E-state index is -4.11. The molecule has 0 radical (unpaired) electrons. The molecule has 11 heteroatoms. The Hall–Kier alpha value is -2.89. The number of fused-ring (bicyclic) bond motifs is 1. The monoisotopic (exact) mass is 551 g/mol. The Kier molecular flexibility index (Phi) is 10.1. The summed E-state index contributed by atoms with van der Waals surface area (Å²) >= 11 is 1.55. The molecule has 2 amide bonds. The van der Waals surface area contributed by atoms with Crippen LogP contribution in [0.2, 0.25) is 0 Å². The van der Waals surface area contributed by atoms with Gasteiger partial charge in [-0.2, -0.15) is 0 Å². The van der Waals surface area contributed by atoms with E-state index in [2.05, 4.69) is 15.4 Å². The summed E-state index contributed by atoms with van der Waals surface area (Å²) in [6.45, 7) is 4.24. The van der Waals surface area contributed by atoms with Gasteiger partial charge in [-0.1, -0.05) is 32.0 Å². The highest BCUT2D eigenvalue weighted by molar-refractivity contribution is 7.89. The van der Waals surface area contributed by atoms with E-state index in [1.165, 1.54) is 0 Å². The topological polar surface area (TPSA) is 104 Å². The number of sulfonamides is 1. The standard InChI is InChI=1S/C26H31F2N3O4S2/c1-17(2)13-22(31-25(32)16-20-14-18-7-3-4-8-23(18)36-20)26(33)29-11-5-6-12-30-37(34,35)24-10-9-19(27)15-21(24)28/h3-4,7-10,14-15,17,22,30H,5-6,11-13,16H2,1-2H3,(H,29,33)(H,31,32)/t22-/m0/s1. The van der Waals surface area contributed by atoms with Gasteiger partial charge >= 0.3 is 0 Å². The molecule has 0 fully saturated rings. The third-order valence-corrected chi connectivity index (χ3v) is 8.16. The molecule has 0 bridgehead atoms. The average Bonchev–Trinajstić information content (AvgIpc) is 3.22. The van der Waals surface area contributed by atoms with Crippen LogP contribution in [0.3, 0.4) is 0 Å². The molecule has 3 N–H and O–H groups in total. The molecule has 7 nitrogen and oxygen atoms in total. The maximum absolute atomic E-state index is 13.8. The van der Waals surface area contributed by atoms with Gasteiger partial charge in [0.15, 0.2) is 0 Å². The number of benzene rings is 2. The van der Waals surface area contributed by atoms with Crippen molar-refractivity contribution in [3.8, 4) is 0 Å². The van der Waals surface area contributed by atoms with E-state index in [1.807, 2.05) is 44.2 Å². The van der Waals surface area contributed by atoms with Crippen molar-refractivity contribution in [3.63, 3.8) is 0 Å². The predicted octanol–water partition coefficient (Wildman–Crippen LogP) is 4.13. The molecule has 1 aromatic heterocycles. The van der Waals surface area contributed by atoms with Crippen LogP contribution in [-0.2, 0) is 26.0 Å². The Bertz CT molecular complexity index is 1310. The molecule has 0 aliphatic heterocycles. The van der Waals surface area contributed by atoms with Crippen LogP contribution in [0.5, 0.6) is 0 Å². The number of hydrogen-bond donors (Lipinski definition) is 3. The fourth-order valence-corrected chi connectivity index (χ4v) is 5.99. The van der Waals surface area contributed by atoms with Crippen molar-refractivity contribution in [2.75, 3.05) is 13.1 Å². The molecule has 1 heterocycles. The van der Waals surface area contributed by atoms with Crippen LogP contribution in [0.1, 0.15) is 38.0 Å². The highest BCUT2D eigenvalue weighted by Crippen LogP contribution is 2.25. The summed E-state index contributed by atoms with van der Waals surface area (Å²) in [7, 11) is -4.11. The fourth-order valence-electron chi connectivity index (χ4n) is 3.79. The highest BCUT2D eigenvalue weighted by Gasteiger charge is 2.22. The first-order chi connectivity index (χ1) is 17.5. The first-order valence-corrected chi connectivity index (χ1v) is 14.3. The summed E-state index contributed by atoms with van der Waals surface area (Å²) in [5, 5.41) is 6.72. The molecule has 200 valence electrons. The van der Waals surface area contributed by atoms with Crippen LogP contribution in [0.4, 0.5) is 8.78 Å². The first-order valence-electron chi connectivity index (χ1n) is 12.0. The lowest BCUT2D eigenvalue weighted by molar-refractivity contribution is -0.129. The lowest BCUT2D eigenvalue weighted by Crippen LogP contribution is -2.48. The van der Waals surface area contributed by atoms with Gasteiger partial charge in [0.2, 0.25) is 21.8 Å². The van der Waals surface area contributed by atoms with E-state index in [4.69, 9.17) is 0 Å². The van der Waals surface area contributed by atoms with Gasteiger partial charge in [-0.25, -0.2) is 21.9 Å². The summed E-state index contributed by atoms with van der Waals surface area (Å²) in [6, 6.07) is 11.5. The van der Waals surface area contributed by atoms with Crippen molar-refractivity contribution < 1.29 is 26.8 Å². The Morgan fingerprint density at radius 3 is 2.43 bits per heavy atom. The number of carbonyl (C=O) groups excluding carboxylic acids is 2. The summed E-state index contributed by atoms with van der Waals surface area (Å²) in [4.78, 5) is 25.7. The minimum Gasteiger partial charge on any atom is -0.354 e. The fraction of sp³-hybridized carbons (Fsp3) is 0.385. The molecule has 0 saturated heterocycles. The lowest BCUT2D eigenvalue weighted by atomic mass is 10.0. The Morgan fingerprint density at radius 2 is 1.73 bits per heavy atom. The van der Waals surface area contributed by atoms with Crippen LogP contribution >= 0.6 is 11.3 Å². The van der Waals surface area contributed by atoms with E-state index in [-0.39, 0.29) is 37.2 Å². The molecule has 0 spiro atoms. The van der Waals surface area contributed by atoms with Crippen LogP contribution < -0.4 is 15.4 Å². The quantitative estimate of drug-likeness (QED) is 0.278. The molecular formula is C26H31F2N3O4S2. The van der Waals surface area contributed by atoms with Gasteiger partial charge in [0.1, 0.15) is 22.6 Å². The molecule has 37 heavy (non-hydrogen) atoms. The van der Waals surface area contributed by atoms with Gasteiger partial charge in [-0.05, 0) is 54.8 Å². The number of hydrogen-bond acceptors (Lipinski definition) is 5. The summed E-state index contributed by atoms with van der Waals surface area (Å²) < 4.78 is 54.5. The molecule has 3 rings (SSSR count). The van der Waals surface area contributed by atoms with E-state index < -0.39 is 32.6 Å². The second-order valence-corrected chi connectivity index (χ2v) is 12.1. The van der Waals surface area contributed by atoms with Gasteiger partial charge < -0.3 is 10.6 Å². The molecule has 0 aliphatic carbocycles. The van der Waals surface area contributed by atoms with E-state index in [0.717, 1.165) is 27.1 Å². The second kappa shape index (κ2) is 13.1. The SMILES string of the molecule is CC(C)C[C@H](NC(=O)Cc1cc2ccccc2s1)C(=O)NCCCCNS(=O)(=O)c1ccc(F)cc1F. The summed E-state index contributed by atoms with van der Waals surface area (Å²) in [6.07, 6.45) is 1.52. The Balaban J connectivity index is 1.44. The van der Waals surface area contributed by atoms with Crippen molar-refractivity contribution >= 4 is 43.3 Å². The number of thiophene rings is 1. The highest BCUT2D eigenvalue weighted by atomic mass is 32.2. The maximum atomic E-state index is 13.8. The normalized spacial score (nSPS) is 12.6. The molecular weight excluding hydrogens is 520 g/mol. The van der Waals surface area contributed by atoms with E-state index >= 15 is 0 Å². The van der Waals surface area contributed by atoms with Gasteiger partial charge in [-0.3, -0.25) is 9.59 Å². The van der Waals surface area contributed by atoms with Crippen molar-refractivity contribution in [2.45, 2.75) is 50.5 Å². The minimum absolute atomic E-state index is 0.0242. The zero-order chi connectivity index (χ0) is 27.0. The molecule has 3 aromatic rings. The van der Waals surface area contributed by atoms with Crippen molar-refractivity contribution in [3.05, 3.63) is 65.0 Å². The van der Waals surface area contributed by atoms with Crippen molar-refractivity contribution in [1.82, 2.24) is 15.4 Å². The number of nitrogens with one attached hydrogen (secondary N) is 3. The average molecular weight is 552 g/mol. The third kappa shape index (κ3) is 8.58. The number of halogens is 2. The predicted molar refractivity (Wildman–Crippen MR) is 141 cm³/mol. The molecule has 1 atom stereocenters. The van der Waals surface area contributed by atoms with E-state index in [9.17, 15) is 26.8 Å². The maximum Gasteiger partial charge on any atom is 0.243 e. The zero-order valence-corrected chi connectivity index (χ0v) is 22.4. The Labute approximate surface area is 219 Å². The van der Waals surface area contributed by atoms with Crippen LogP contribution in [0, 0.1) is 17.6 Å². The molecule has 0 unspecified atom stereocenters. The number of carbonyl (C=O) groups is 2. The van der Waals surface area contributed by atoms with Crippen molar-refractivity contribution in [2.24, 2.45) is 5.92 Å². The van der Waals surface area contributed by atoms with Crippen molar-refractivity contribution in [1.29, 1.82) is 0 Å². The zero-order valence-electron chi connectivity index (χ0n) is 20.7. The largest absolute Gasteiger partial charge is 0.354 e. The van der Waals surface area contributed by atoms with E-state index in [0.29, 0.717) is 25.3 Å². The van der Waals surface area contributed by atoms with Gasteiger partial charge in [0.25, 0.3) is 0 Å². The second-order valence-electron chi connectivity index (χ2n) is 9.15. The van der Waals surface area contributed by atoms with Gasteiger partial charge in [-0.15, -0.1) is 11.3 Å². The molecule has 0 saturated carbocycles. The number of unbranched alkanes of at least 4 members (excludes halogenated alkanes) is 1. The summed E-state index contributed by atoms with van der Waals surface area (Å²) in [5.74, 6) is -2.37. The van der Waals surface area contributed by atoms with Crippen LogP contribution in [0.25, 0.3) is 10.1 Å². The van der Waals surface area contributed by atoms with E-state index in [1.54, 1.807) is 11.3 Å². The molecule has 0 aliphatic rings. The number of amides is 2. The lowest BCUT2D eigenvalue weighted by Gasteiger charge is -2.20. The van der Waals surface area contributed by atoms with Crippen LogP contribution in [-0.4, -0.2) is 39.4 Å².